The molecule has 250 valence electrons. The number of hydrogen-bond donors (Lipinski definition) is 0. The third-order valence-electron chi connectivity index (χ3n) is 7.84. The van der Waals surface area contributed by atoms with Crippen LogP contribution in [-0.4, -0.2) is 34.4 Å². The lowest BCUT2D eigenvalue weighted by Gasteiger charge is -2.37. The Kier molecular flexibility index (Phi) is 12.0. The molecule has 1 fully saturated rings. The molecule has 0 bridgehead atoms. The fourth-order valence-electron chi connectivity index (χ4n) is 5.09. The van der Waals surface area contributed by atoms with Crippen molar-refractivity contribution in [1.29, 1.82) is 0 Å². The Morgan fingerprint density at radius 3 is 1.68 bits per heavy atom. The average molecular weight is 690 g/mol. The molecular weight excluding hydrogens is 656 g/mol. The number of halogens is 13. The Bertz CT molecular complexity index is 1200. The summed E-state index contributed by atoms with van der Waals surface area (Å²) >= 11 is 12.7. The van der Waals surface area contributed by atoms with Gasteiger partial charge in [0.1, 0.15) is 18.9 Å². The summed E-state index contributed by atoms with van der Waals surface area (Å²) in [5, 5.41) is 1.21. The fourth-order valence-corrected chi connectivity index (χ4v) is 5.61. The third kappa shape index (κ3) is 8.14. The van der Waals surface area contributed by atoms with Crippen LogP contribution in [0.4, 0.5) is 48.3 Å². The van der Waals surface area contributed by atoms with Crippen molar-refractivity contribution in [3.05, 3.63) is 52.0 Å². The molecule has 2 aromatic rings. The molecule has 15 heteroatoms. The predicted octanol–water partition coefficient (Wildman–Crippen LogP) is 11.0. The van der Waals surface area contributed by atoms with Gasteiger partial charge in [0.25, 0.3) is 5.82 Å². The molecule has 0 spiro atoms. The lowest BCUT2D eigenvalue weighted by atomic mass is 9.94. The maximum Gasteiger partial charge on any atom is 0.460 e. The van der Waals surface area contributed by atoms with E-state index in [1.165, 1.54) is 5.82 Å². The van der Waals surface area contributed by atoms with E-state index in [4.69, 9.17) is 23.2 Å². The van der Waals surface area contributed by atoms with Gasteiger partial charge in [-0.2, -0.15) is 48.3 Å². The first-order chi connectivity index (χ1) is 20.3. The Hall–Kier alpha value is -1.76. The van der Waals surface area contributed by atoms with Crippen LogP contribution < -0.4 is 4.57 Å². The van der Waals surface area contributed by atoms with Crippen LogP contribution in [0.2, 0.25) is 10.0 Å². The Balaban J connectivity index is 1.34. The van der Waals surface area contributed by atoms with Crippen LogP contribution in [-0.2, 0) is 13.1 Å². The van der Waals surface area contributed by atoms with Gasteiger partial charge in [-0.1, -0.05) is 67.8 Å². The van der Waals surface area contributed by atoms with Gasteiger partial charge in [-0.3, -0.25) is 0 Å². The zero-order valence-corrected chi connectivity index (χ0v) is 25.2. The summed E-state index contributed by atoms with van der Waals surface area (Å²) in [7, 11) is 0. The van der Waals surface area contributed by atoms with Gasteiger partial charge in [-0.25, -0.2) is 9.13 Å². The second kappa shape index (κ2) is 14.3. The van der Waals surface area contributed by atoms with Crippen LogP contribution in [0.3, 0.4) is 0 Å². The summed E-state index contributed by atoms with van der Waals surface area (Å²) < 4.78 is 148. The molecule has 1 aliphatic rings. The van der Waals surface area contributed by atoms with Crippen molar-refractivity contribution in [2.24, 2.45) is 0 Å². The Morgan fingerprint density at radius 2 is 1.18 bits per heavy atom. The van der Waals surface area contributed by atoms with E-state index >= 15 is 0 Å². The molecule has 1 aromatic carbocycles. The summed E-state index contributed by atoms with van der Waals surface area (Å²) in [5.41, 5.74) is 0.860. The molecule has 0 amide bonds. The minimum absolute atomic E-state index is 0.0934. The third-order valence-corrected chi connectivity index (χ3v) is 8.55. The first-order valence-electron chi connectivity index (χ1n) is 14.4. The van der Waals surface area contributed by atoms with Crippen LogP contribution in [0.1, 0.15) is 94.4 Å². The first kappa shape index (κ1) is 36.7. The van der Waals surface area contributed by atoms with Crippen LogP contribution in [0, 0.1) is 0 Å². The monoisotopic (exact) mass is 689 g/mol. The van der Waals surface area contributed by atoms with Gasteiger partial charge in [0, 0.05) is 22.0 Å². The SMILES string of the molecule is FC(F)(F)C(F)(F)C(F)(F)C(F)(F)C(F)(F)CCCCCCCCCCCn1cc[n+](Cc2c(Cl)cccc2Cl)c1C1CC1. The van der Waals surface area contributed by atoms with Gasteiger partial charge < -0.3 is 0 Å². The predicted molar refractivity (Wildman–Crippen MR) is 144 cm³/mol. The van der Waals surface area contributed by atoms with E-state index in [1.807, 2.05) is 12.4 Å². The minimum atomic E-state index is -7.33. The maximum absolute atomic E-state index is 13.7. The molecule has 1 aromatic heterocycles. The lowest BCUT2D eigenvalue weighted by molar-refractivity contribution is -0.695. The molecule has 2 nitrogen and oxygen atoms in total. The fraction of sp³-hybridized carbons (Fsp3) is 0.690. The molecular formula is C29H34Cl2F11N2+. The number of aromatic nitrogens is 2. The van der Waals surface area contributed by atoms with E-state index in [0.717, 1.165) is 50.6 Å². The maximum atomic E-state index is 13.7. The van der Waals surface area contributed by atoms with Crippen molar-refractivity contribution < 1.29 is 52.9 Å². The Labute approximate surface area is 258 Å². The van der Waals surface area contributed by atoms with E-state index in [0.29, 0.717) is 41.8 Å². The minimum Gasteiger partial charge on any atom is -0.234 e. The van der Waals surface area contributed by atoms with Crippen molar-refractivity contribution >= 4 is 23.2 Å². The molecule has 0 saturated heterocycles. The standard InChI is InChI=1S/C29H34Cl2F11N2/c30-22-11-10-12-23(31)21(22)19-44-18-17-43(24(44)20-13-14-20)16-9-7-5-3-1-2-4-6-8-15-25(32,33)26(34,35)27(36,37)28(38,39)29(40,41)42/h10-12,17-18,20H,1-9,13-16,19H2/q+1. The molecule has 1 aliphatic carbocycles. The van der Waals surface area contributed by atoms with Crippen molar-refractivity contribution in [1.82, 2.24) is 4.57 Å². The molecule has 1 heterocycles. The van der Waals surface area contributed by atoms with Gasteiger partial charge in [-0.15, -0.1) is 0 Å². The van der Waals surface area contributed by atoms with Crippen molar-refractivity contribution in [2.75, 3.05) is 0 Å². The summed E-state index contributed by atoms with van der Waals surface area (Å²) in [4.78, 5) is 0. The molecule has 0 unspecified atom stereocenters. The Morgan fingerprint density at radius 1 is 0.682 bits per heavy atom. The molecule has 44 heavy (non-hydrogen) atoms. The highest BCUT2D eigenvalue weighted by Crippen LogP contribution is 2.58. The molecule has 0 radical (unpaired) electrons. The number of imidazole rings is 1. The van der Waals surface area contributed by atoms with Crippen LogP contribution >= 0.6 is 23.2 Å². The van der Waals surface area contributed by atoms with E-state index in [-0.39, 0.29) is 6.42 Å². The quantitative estimate of drug-likeness (QED) is 0.0837. The number of unbranched alkanes of at least 4 members (excludes halogenated alkanes) is 8. The lowest BCUT2D eigenvalue weighted by Crippen LogP contribution is -2.66. The number of hydrogen-bond acceptors (Lipinski definition) is 0. The number of nitrogens with zero attached hydrogens (tertiary/aromatic N) is 2. The second-order valence-corrected chi connectivity index (χ2v) is 12.1. The topological polar surface area (TPSA) is 8.81 Å². The molecule has 1 saturated carbocycles. The molecule has 0 N–H and O–H groups in total. The summed E-state index contributed by atoms with van der Waals surface area (Å²) in [6.07, 6.45) is 1.47. The van der Waals surface area contributed by atoms with Gasteiger partial charge in [0.05, 0.1) is 12.5 Å². The molecule has 3 rings (SSSR count). The highest BCUT2D eigenvalue weighted by Gasteiger charge is 2.86. The largest absolute Gasteiger partial charge is 0.460 e. The smallest absolute Gasteiger partial charge is 0.234 e. The molecule has 0 aliphatic heterocycles. The normalized spacial score (nSPS) is 15.3. The van der Waals surface area contributed by atoms with Crippen molar-refractivity contribution in [3.63, 3.8) is 0 Å². The number of rotatable bonds is 18. The van der Waals surface area contributed by atoms with E-state index < -0.39 is 42.7 Å². The first-order valence-corrected chi connectivity index (χ1v) is 15.2. The van der Waals surface area contributed by atoms with Crippen LogP contribution in [0.5, 0.6) is 0 Å². The number of alkyl halides is 11. The summed E-state index contributed by atoms with van der Waals surface area (Å²) in [5.74, 6) is -25.6. The molecule has 0 atom stereocenters. The van der Waals surface area contributed by atoms with E-state index in [9.17, 15) is 48.3 Å². The van der Waals surface area contributed by atoms with Gasteiger partial charge >= 0.3 is 29.9 Å². The summed E-state index contributed by atoms with van der Waals surface area (Å²) in [6.45, 7) is 1.39. The number of aryl methyl sites for hydroxylation is 1. The zero-order chi connectivity index (χ0) is 33.0. The second-order valence-electron chi connectivity index (χ2n) is 11.3. The van der Waals surface area contributed by atoms with Gasteiger partial charge in [0.15, 0.2) is 0 Å². The van der Waals surface area contributed by atoms with Crippen molar-refractivity contribution in [2.45, 2.75) is 126 Å². The highest BCUT2D eigenvalue weighted by molar-refractivity contribution is 6.35. The van der Waals surface area contributed by atoms with Crippen LogP contribution in [0.25, 0.3) is 0 Å². The van der Waals surface area contributed by atoms with Crippen LogP contribution in [0.15, 0.2) is 30.6 Å². The van der Waals surface area contributed by atoms with Gasteiger partial charge in [0.2, 0.25) is 0 Å². The van der Waals surface area contributed by atoms with E-state index in [2.05, 4.69) is 9.13 Å². The summed E-state index contributed by atoms with van der Waals surface area (Å²) in [6, 6.07) is 5.41. The number of benzene rings is 1. The van der Waals surface area contributed by atoms with E-state index in [1.54, 1.807) is 18.2 Å². The van der Waals surface area contributed by atoms with Gasteiger partial charge in [-0.05, 0) is 44.2 Å². The zero-order valence-electron chi connectivity index (χ0n) is 23.7. The average Bonchev–Trinajstić information content (AvgIpc) is 3.68. The van der Waals surface area contributed by atoms with Crippen molar-refractivity contribution in [3.8, 4) is 0 Å². The highest BCUT2D eigenvalue weighted by atomic mass is 35.5.